The van der Waals surface area contributed by atoms with E-state index in [-0.39, 0.29) is 11.7 Å². The molecule has 1 N–H and O–H groups in total. The molecule has 1 aliphatic rings. The molecule has 4 nitrogen and oxygen atoms in total. The van der Waals surface area contributed by atoms with Crippen molar-refractivity contribution in [3.8, 4) is 5.75 Å². The van der Waals surface area contributed by atoms with Crippen LogP contribution in [0.25, 0.3) is 0 Å². The first-order chi connectivity index (χ1) is 8.97. The summed E-state index contributed by atoms with van der Waals surface area (Å²) in [5.74, 6) is 0.805. The number of aromatic carboxylic acids is 1. The predicted molar refractivity (Wildman–Crippen MR) is 72.5 cm³/mol. The Morgan fingerprint density at radius 1 is 1.37 bits per heavy atom. The lowest BCUT2D eigenvalue weighted by atomic mass is 9.80. The summed E-state index contributed by atoms with van der Waals surface area (Å²) < 4.78 is 5.93. The third-order valence-corrected chi connectivity index (χ3v) is 4.08. The third kappa shape index (κ3) is 3.25. The van der Waals surface area contributed by atoms with Crippen molar-refractivity contribution in [3.05, 3.63) is 23.5 Å². The number of pyridine rings is 1. The third-order valence-electron chi connectivity index (χ3n) is 4.08. The van der Waals surface area contributed by atoms with Gasteiger partial charge in [0.05, 0.1) is 6.10 Å². The van der Waals surface area contributed by atoms with E-state index in [4.69, 9.17) is 9.84 Å². The second kappa shape index (κ2) is 5.59. The summed E-state index contributed by atoms with van der Waals surface area (Å²) in [4.78, 5) is 15.2. The van der Waals surface area contributed by atoms with Crippen molar-refractivity contribution in [1.82, 2.24) is 4.98 Å². The van der Waals surface area contributed by atoms with Crippen LogP contribution in [-0.4, -0.2) is 22.2 Å². The maximum atomic E-state index is 11.2. The van der Waals surface area contributed by atoms with E-state index in [2.05, 4.69) is 18.8 Å². The molecule has 0 aromatic carbocycles. The van der Waals surface area contributed by atoms with Crippen molar-refractivity contribution in [2.24, 2.45) is 11.8 Å². The molecule has 0 saturated heterocycles. The van der Waals surface area contributed by atoms with E-state index in [0.717, 1.165) is 30.9 Å². The van der Waals surface area contributed by atoms with Gasteiger partial charge in [-0.3, -0.25) is 4.98 Å². The number of carboxylic acid groups (broad SMARTS) is 1. The summed E-state index contributed by atoms with van der Waals surface area (Å²) in [6.07, 6.45) is 4.61. The normalized spacial score (nSPS) is 27.0. The largest absolute Gasteiger partial charge is 0.489 e. The smallest absolute Gasteiger partial charge is 0.341 e. The lowest BCUT2D eigenvalue weighted by Gasteiger charge is -2.32. The number of hydrogen-bond donors (Lipinski definition) is 1. The van der Waals surface area contributed by atoms with Crippen LogP contribution in [0.2, 0.25) is 0 Å². The fraction of sp³-hybridized carbons (Fsp3) is 0.600. The second-order valence-electron chi connectivity index (χ2n) is 5.63. The Morgan fingerprint density at radius 2 is 2.11 bits per heavy atom. The van der Waals surface area contributed by atoms with Gasteiger partial charge in [-0.15, -0.1) is 0 Å². The number of hydrogen-bond acceptors (Lipinski definition) is 3. The highest BCUT2D eigenvalue weighted by molar-refractivity contribution is 5.90. The van der Waals surface area contributed by atoms with Crippen LogP contribution in [0.15, 0.2) is 12.3 Å². The monoisotopic (exact) mass is 263 g/mol. The van der Waals surface area contributed by atoms with Gasteiger partial charge in [0.1, 0.15) is 11.3 Å². The highest BCUT2D eigenvalue weighted by Crippen LogP contribution is 2.32. The number of ether oxygens (including phenoxy) is 1. The zero-order valence-electron chi connectivity index (χ0n) is 11.7. The molecular weight excluding hydrogens is 242 g/mol. The molecule has 0 bridgehead atoms. The minimum absolute atomic E-state index is 0.117. The van der Waals surface area contributed by atoms with E-state index >= 15 is 0 Å². The molecule has 0 aliphatic heterocycles. The Labute approximate surface area is 113 Å². The fourth-order valence-electron chi connectivity index (χ4n) is 2.58. The molecule has 0 spiro atoms. The Hall–Kier alpha value is -1.58. The molecule has 1 aliphatic carbocycles. The summed E-state index contributed by atoms with van der Waals surface area (Å²) in [7, 11) is 0. The lowest BCUT2D eigenvalue weighted by Crippen LogP contribution is -2.29. The minimum atomic E-state index is -0.986. The van der Waals surface area contributed by atoms with Gasteiger partial charge in [-0.25, -0.2) is 4.79 Å². The zero-order valence-corrected chi connectivity index (χ0v) is 11.7. The first-order valence-electron chi connectivity index (χ1n) is 6.84. The summed E-state index contributed by atoms with van der Waals surface area (Å²) >= 11 is 0. The van der Waals surface area contributed by atoms with Crippen LogP contribution in [0.1, 0.15) is 49.2 Å². The lowest BCUT2D eigenvalue weighted by molar-refractivity contribution is 0.0675. The Morgan fingerprint density at radius 3 is 2.74 bits per heavy atom. The SMILES string of the molecule is Cc1cc(OC2CCC(C)C(C)C2)c(C(=O)O)cn1. The van der Waals surface area contributed by atoms with Crippen LogP contribution < -0.4 is 4.74 Å². The molecule has 1 saturated carbocycles. The van der Waals surface area contributed by atoms with Gasteiger partial charge in [-0.1, -0.05) is 13.8 Å². The average molecular weight is 263 g/mol. The van der Waals surface area contributed by atoms with Crippen molar-refractivity contribution in [2.75, 3.05) is 0 Å². The standard InChI is InChI=1S/C15H21NO3/c1-9-4-5-12(6-10(9)2)19-14-7-11(3)16-8-13(14)15(17)18/h7-10,12H,4-6H2,1-3H3,(H,17,18). The summed E-state index contributed by atoms with van der Waals surface area (Å²) in [5.41, 5.74) is 0.925. The van der Waals surface area contributed by atoms with Crippen molar-refractivity contribution in [3.63, 3.8) is 0 Å². The van der Waals surface area contributed by atoms with Gasteiger partial charge in [0.2, 0.25) is 0 Å². The molecule has 1 fully saturated rings. The van der Waals surface area contributed by atoms with Crippen LogP contribution in [0.5, 0.6) is 5.75 Å². The van der Waals surface area contributed by atoms with Crippen molar-refractivity contribution < 1.29 is 14.6 Å². The van der Waals surface area contributed by atoms with E-state index < -0.39 is 5.97 Å². The molecule has 1 heterocycles. The van der Waals surface area contributed by atoms with Crippen LogP contribution in [0, 0.1) is 18.8 Å². The molecule has 1 aromatic rings. The van der Waals surface area contributed by atoms with Crippen LogP contribution >= 0.6 is 0 Å². The molecule has 104 valence electrons. The summed E-state index contributed by atoms with van der Waals surface area (Å²) in [6, 6.07) is 1.71. The minimum Gasteiger partial charge on any atom is -0.489 e. The van der Waals surface area contributed by atoms with Crippen molar-refractivity contribution >= 4 is 5.97 Å². The molecule has 3 atom stereocenters. The average Bonchev–Trinajstić information content (AvgIpc) is 2.33. The molecule has 19 heavy (non-hydrogen) atoms. The van der Waals surface area contributed by atoms with Gasteiger partial charge < -0.3 is 9.84 Å². The first-order valence-corrected chi connectivity index (χ1v) is 6.84. The number of nitrogens with zero attached hydrogens (tertiary/aromatic N) is 1. The van der Waals surface area contributed by atoms with Crippen LogP contribution in [-0.2, 0) is 0 Å². The molecule has 0 amide bonds. The maximum absolute atomic E-state index is 11.2. The van der Waals surface area contributed by atoms with Gasteiger partial charge in [0, 0.05) is 18.0 Å². The highest BCUT2D eigenvalue weighted by Gasteiger charge is 2.27. The molecule has 0 radical (unpaired) electrons. The van der Waals surface area contributed by atoms with E-state index in [1.165, 1.54) is 6.20 Å². The van der Waals surface area contributed by atoms with Gasteiger partial charge >= 0.3 is 5.97 Å². The number of carbonyl (C=O) groups is 1. The maximum Gasteiger partial charge on any atom is 0.341 e. The summed E-state index contributed by atoms with van der Waals surface area (Å²) in [6.45, 7) is 6.33. The van der Waals surface area contributed by atoms with Crippen molar-refractivity contribution in [2.45, 2.75) is 46.1 Å². The quantitative estimate of drug-likeness (QED) is 0.909. The highest BCUT2D eigenvalue weighted by atomic mass is 16.5. The summed E-state index contributed by atoms with van der Waals surface area (Å²) in [5, 5.41) is 9.16. The second-order valence-corrected chi connectivity index (χ2v) is 5.63. The molecule has 2 rings (SSSR count). The van der Waals surface area contributed by atoms with Gasteiger partial charge in [-0.2, -0.15) is 0 Å². The molecule has 4 heteroatoms. The number of aryl methyl sites for hydroxylation is 1. The van der Waals surface area contributed by atoms with E-state index in [9.17, 15) is 4.79 Å². The molecule has 3 unspecified atom stereocenters. The first kappa shape index (κ1) is 13.8. The molecule has 1 aromatic heterocycles. The Kier molecular flexibility index (Phi) is 4.08. The zero-order chi connectivity index (χ0) is 14.0. The number of aromatic nitrogens is 1. The van der Waals surface area contributed by atoms with Crippen LogP contribution in [0.3, 0.4) is 0 Å². The number of carboxylic acids is 1. The van der Waals surface area contributed by atoms with Crippen LogP contribution in [0.4, 0.5) is 0 Å². The van der Waals surface area contributed by atoms with E-state index in [1.54, 1.807) is 6.07 Å². The Bertz CT molecular complexity index is 472. The molecular formula is C15H21NO3. The van der Waals surface area contributed by atoms with E-state index in [1.807, 2.05) is 6.92 Å². The van der Waals surface area contributed by atoms with Gasteiger partial charge in [0.25, 0.3) is 0 Å². The number of rotatable bonds is 3. The van der Waals surface area contributed by atoms with Gasteiger partial charge in [-0.05, 0) is 38.0 Å². The van der Waals surface area contributed by atoms with Crippen molar-refractivity contribution in [1.29, 1.82) is 0 Å². The fourth-order valence-corrected chi connectivity index (χ4v) is 2.58. The van der Waals surface area contributed by atoms with E-state index in [0.29, 0.717) is 11.7 Å². The topological polar surface area (TPSA) is 59.4 Å². The predicted octanol–water partition coefficient (Wildman–Crippen LogP) is 3.29. The Balaban J connectivity index is 2.14. The van der Waals surface area contributed by atoms with Gasteiger partial charge in [0.15, 0.2) is 0 Å².